The van der Waals surface area contributed by atoms with Crippen molar-refractivity contribution in [2.75, 3.05) is 7.05 Å². The van der Waals surface area contributed by atoms with Crippen LogP contribution in [-0.2, 0) is 20.1 Å². The van der Waals surface area contributed by atoms with Crippen LogP contribution in [0.1, 0.15) is 23.1 Å². The number of carbonyl (C=O) groups excluding carboxylic acids is 1. The molecule has 2 aromatic heterocycles. The normalized spacial score (nSPS) is 10.7. The molecule has 0 atom stereocenters. The molecule has 1 amide bonds. The quantitative estimate of drug-likeness (QED) is 0.855. The number of aryl methyl sites for hydroxylation is 2. The molecule has 2 aromatic rings. The van der Waals surface area contributed by atoms with E-state index in [0.717, 1.165) is 12.2 Å². The molecule has 0 spiro atoms. The number of nitrogens with zero attached hydrogens (tertiary/aromatic N) is 5. The summed E-state index contributed by atoms with van der Waals surface area (Å²) in [6, 6.07) is 1.69. The van der Waals surface area contributed by atoms with Crippen LogP contribution in [0.25, 0.3) is 0 Å². The summed E-state index contributed by atoms with van der Waals surface area (Å²) in [5.74, 6) is -0.0973. The van der Waals surface area contributed by atoms with Crippen LogP contribution in [-0.4, -0.2) is 37.4 Å². The number of amides is 1. The average molecular weight is 282 g/mol. The van der Waals surface area contributed by atoms with Gasteiger partial charge < -0.3 is 4.90 Å². The van der Waals surface area contributed by atoms with E-state index in [0.29, 0.717) is 17.3 Å². The molecule has 6 nitrogen and oxygen atoms in total. The van der Waals surface area contributed by atoms with Crippen molar-refractivity contribution < 1.29 is 4.79 Å². The number of rotatable bonds is 4. The second-order valence-electron chi connectivity index (χ2n) is 4.26. The summed E-state index contributed by atoms with van der Waals surface area (Å²) in [5.41, 5.74) is 1.38. The van der Waals surface area contributed by atoms with E-state index in [-0.39, 0.29) is 5.91 Å². The molecule has 0 saturated carbocycles. The molecule has 0 saturated heterocycles. The first kappa shape index (κ1) is 13.6. The summed E-state index contributed by atoms with van der Waals surface area (Å²) in [4.78, 5) is 13.9. The van der Waals surface area contributed by atoms with E-state index in [9.17, 15) is 4.79 Å². The molecule has 0 bridgehead atoms. The lowest BCUT2D eigenvalue weighted by molar-refractivity contribution is 0.0770. The van der Waals surface area contributed by atoms with Gasteiger partial charge in [0.05, 0.1) is 23.5 Å². The Morgan fingerprint density at radius 3 is 2.79 bits per heavy atom. The number of carbonyl (C=O) groups is 1. The van der Waals surface area contributed by atoms with Gasteiger partial charge in [0.1, 0.15) is 5.69 Å². The van der Waals surface area contributed by atoms with Crippen LogP contribution in [0.5, 0.6) is 0 Å². The first-order valence-corrected chi connectivity index (χ1v) is 6.36. The highest BCUT2D eigenvalue weighted by Gasteiger charge is 2.18. The van der Waals surface area contributed by atoms with E-state index in [1.54, 1.807) is 46.8 Å². The molecule has 0 N–H and O–H groups in total. The van der Waals surface area contributed by atoms with Crippen molar-refractivity contribution >= 4 is 17.5 Å². The molecule has 7 heteroatoms. The van der Waals surface area contributed by atoms with Crippen molar-refractivity contribution in [2.45, 2.75) is 20.0 Å². The Balaban J connectivity index is 2.17. The second-order valence-corrected chi connectivity index (χ2v) is 4.66. The van der Waals surface area contributed by atoms with Crippen LogP contribution < -0.4 is 0 Å². The highest BCUT2D eigenvalue weighted by Crippen LogP contribution is 2.17. The van der Waals surface area contributed by atoms with Gasteiger partial charge in [-0.05, 0) is 13.0 Å². The van der Waals surface area contributed by atoms with Crippen molar-refractivity contribution in [3.05, 3.63) is 34.9 Å². The Bertz CT molecular complexity index is 589. The standard InChI is InChI=1S/C12H16ClN5O/c1-4-18-11(9(13)7-15-18)8-16(2)12(19)10-5-6-14-17(10)3/h5-7H,4,8H2,1-3H3. The van der Waals surface area contributed by atoms with Crippen molar-refractivity contribution in [2.24, 2.45) is 7.05 Å². The van der Waals surface area contributed by atoms with Crippen LogP contribution in [0.2, 0.25) is 5.02 Å². The summed E-state index contributed by atoms with van der Waals surface area (Å²) in [5, 5.41) is 8.73. The monoisotopic (exact) mass is 281 g/mol. The molecule has 0 aromatic carbocycles. The lowest BCUT2D eigenvalue weighted by Gasteiger charge is -2.18. The van der Waals surface area contributed by atoms with E-state index in [1.807, 2.05) is 6.92 Å². The smallest absolute Gasteiger partial charge is 0.272 e. The number of hydrogen-bond acceptors (Lipinski definition) is 3. The topological polar surface area (TPSA) is 56.0 Å². The summed E-state index contributed by atoms with van der Waals surface area (Å²) >= 11 is 6.09. The molecule has 0 fully saturated rings. The minimum absolute atomic E-state index is 0.0973. The third-order valence-electron chi connectivity index (χ3n) is 2.97. The molecule has 0 aliphatic carbocycles. The molecule has 0 aliphatic heterocycles. The molecule has 102 valence electrons. The van der Waals surface area contributed by atoms with E-state index in [1.165, 1.54) is 0 Å². The highest BCUT2D eigenvalue weighted by atomic mass is 35.5. The number of aromatic nitrogens is 4. The lowest BCUT2D eigenvalue weighted by atomic mass is 10.3. The van der Waals surface area contributed by atoms with Gasteiger partial charge in [0.2, 0.25) is 0 Å². The minimum Gasteiger partial charge on any atom is -0.334 e. The maximum atomic E-state index is 12.3. The third-order valence-corrected chi connectivity index (χ3v) is 3.29. The Kier molecular flexibility index (Phi) is 3.90. The molecule has 0 radical (unpaired) electrons. The zero-order valence-electron chi connectivity index (χ0n) is 11.2. The van der Waals surface area contributed by atoms with Crippen molar-refractivity contribution in [1.29, 1.82) is 0 Å². The van der Waals surface area contributed by atoms with Crippen molar-refractivity contribution in [3.63, 3.8) is 0 Å². The SMILES string of the molecule is CCn1ncc(Cl)c1CN(C)C(=O)c1ccnn1C. The Hall–Kier alpha value is -1.82. The van der Waals surface area contributed by atoms with Gasteiger partial charge in [-0.15, -0.1) is 0 Å². The van der Waals surface area contributed by atoms with Crippen molar-refractivity contribution in [1.82, 2.24) is 24.5 Å². The average Bonchev–Trinajstić information content (AvgIpc) is 2.96. The maximum Gasteiger partial charge on any atom is 0.272 e. The summed E-state index contributed by atoms with van der Waals surface area (Å²) in [6.07, 6.45) is 3.20. The van der Waals surface area contributed by atoms with Gasteiger partial charge in [-0.2, -0.15) is 10.2 Å². The molecule has 2 rings (SSSR count). The predicted molar refractivity (Wildman–Crippen MR) is 71.9 cm³/mol. The van der Waals surface area contributed by atoms with E-state index in [2.05, 4.69) is 10.2 Å². The van der Waals surface area contributed by atoms with Crippen LogP contribution in [0.15, 0.2) is 18.5 Å². The van der Waals surface area contributed by atoms with Gasteiger partial charge in [0, 0.05) is 26.8 Å². The van der Waals surface area contributed by atoms with Gasteiger partial charge in [0.25, 0.3) is 5.91 Å². The highest BCUT2D eigenvalue weighted by molar-refractivity contribution is 6.31. The zero-order chi connectivity index (χ0) is 14.0. The van der Waals surface area contributed by atoms with Gasteiger partial charge >= 0.3 is 0 Å². The van der Waals surface area contributed by atoms with E-state index >= 15 is 0 Å². The molecular weight excluding hydrogens is 266 g/mol. The van der Waals surface area contributed by atoms with Crippen LogP contribution in [0.4, 0.5) is 0 Å². The van der Waals surface area contributed by atoms with Crippen molar-refractivity contribution in [3.8, 4) is 0 Å². The fraction of sp³-hybridized carbons (Fsp3) is 0.417. The summed E-state index contributed by atoms with van der Waals surface area (Å²) in [7, 11) is 3.48. The van der Waals surface area contributed by atoms with Gasteiger partial charge in [-0.25, -0.2) is 0 Å². The Morgan fingerprint density at radius 1 is 1.47 bits per heavy atom. The van der Waals surface area contributed by atoms with E-state index in [4.69, 9.17) is 11.6 Å². The molecule has 0 unspecified atom stereocenters. The fourth-order valence-corrected chi connectivity index (χ4v) is 2.09. The first-order valence-electron chi connectivity index (χ1n) is 5.98. The molecule has 2 heterocycles. The van der Waals surface area contributed by atoms with Gasteiger partial charge in [0.15, 0.2) is 0 Å². The summed E-state index contributed by atoms with van der Waals surface area (Å²) in [6.45, 7) is 3.11. The number of halogens is 1. The lowest BCUT2D eigenvalue weighted by Crippen LogP contribution is -2.29. The fourth-order valence-electron chi connectivity index (χ4n) is 1.89. The minimum atomic E-state index is -0.0973. The Labute approximate surface area is 116 Å². The second kappa shape index (κ2) is 5.44. The molecule has 19 heavy (non-hydrogen) atoms. The maximum absolute atomic E-state index is 12.3. The molecular formula is C12H16ClN5O. The van der Waals surface area contributed by atoms with Crippen LogP contribution in [0, 0.1) is 0 Å². The summed E-state index contributed by atoms with van der Waals surface area (Å²) < 4.78 is 3.34. The van der Waals surface area contributed by atoms with E-state index < -0.39 is 0 Å². The van der Waals surface area contributed by atoms with Gasteiger partial charge in [-0.3, -0.25) is 14.2 Å². The largest absolute Gasteiger partial charge is 0.334 e. The van der Waals surface area contributed by atoms with Crippen LogP contribution in [0.3, 0.4) is 0 Å². The Morgan fingerprint density at radius 2 is 2.21 bits per heavy atom. The predicted octanol–water partition coefficient (Wildman–Crippen LogP) is 1.56. The third kappa shape index (κ3) is 2.63. The zero-order valence-corrected chi connectivity index (χ0v) is 11.9. The molecule has 0 aliphatic rings. The van der Waals surface area contributed by atoms with Gasteiger partial charge in [-0.1, -0.05) is 11.6 Å². The number of hydrogen-bond donors (Lipinski definition) is 0. The van der Waals surface area contributed by atoms with Crippen LogP contribution >= 0.6 is 11.6 Å². The first-order chi connectivity index (χ1) is 9.04.